The average molecular weight is 387 g/mol. The van der Waals surface area contributed by atoms with Crippen LogP contribution in [-0.2, 0) is 5.92 Å². The van der Waals surface area contributed by atoms with E-state index < -0.39 is 5.92 Å². The van der Waals surface area contributed by atoms with Crippen molar-refractivity contribution in [3.63, 3.8) is 0 Å². The molecule has 1 aromatic carbocycles. The van der Waals surface area contributed by atoms with Crippen molar-refractivity contribution < 1.29 is 8.78 Å². The van der Waals surface area contributed by atoms with Gasteiger partial charge in [0.15, 0.2) is 11.5 Å². The maximum Gasteiger partial charge on any atom is 0.270 e. The van der Waals surface area contributed by atoms with Crippen LogP contribution < -0.4 is 5.56 Å². The summed E-state index contributed by atoms with van der Waals surface area (Å²) in [6.07, 6.45) is 1.56. The van der Waals surface area contributed by atoms with Gasteiger partial charge in [0.25, 0.3) is 11.5 Å². The molecule has 0 fully saturated rings. The first-order chi connectivity index (χ1) is 12.7. The zero-order valence-corrected chi connectivity index (χ0v) is 15.6. The van der Waals surface area contributed by atoms with E-state index in [1.807, 2.05) is 0 Å². The number of nitrogens with one attached hydrogen (secondary N) is 1. The molecule has 138 valence electrons. The molecule has 0 unspecified atom stereocenters. The number of aryl methyl sites for hydroxylation is 2. The molecular weight excluding hydrogens is 372 g/mol. The fraction of sp³-hybridized carbons (Fsp3) is 0.222. The topological polar surface area (TPSA) is 76.5 Å². The number of H-pyrrole nitrogens is 1. The minimum absolute atomic E-state index is 0.0558. The number of nitrogens with zero attached hydrogens (tertiary/aromatic N) is 4. The fourth-order valence-corrected chi connectivity index (χ4v) is 3.59. The molecule has 0 aliphatic rings. The summed E-state index contributed by atoms with van der Waals surface area (Å²) < 4.78 is 28.8. The predicted octanol–water partition coefficient (Wildman–Crippen LogP) is 3.96. The van der Waals surface area contributed by atoms with Crippen LogP contribution >= 0.6 is 11.3 Å². The van der Waals surface area contributed by atoms with Gasteiger partial charge in [0.05, 0.1) is 11.2 Å². The lowest BCUT2D eigenvalue weighted by molar-refractivity contribution is 0.0173. The summed E-state index contributed by atoms with van der Waals surface area (Å²) in [5, 5.41) is 6.50. The van der Waals surface area contributed by atoms with Crippen molar-refractivity contribution in [3.05, 3.63) is 56.3 Å². The van der Waals surface area contributed by atoms with Crippen LogP contribution in [0, 0.1) is 13.8 Å². The molecule has 0 aliphatic heterocycles. The van der Waals surface area contributed by atoms with Gasteiger partial charge in [0, 0.05) is 24.1 Å². The molecule has 3 heterocycles. The standard InChI is InChI=1S/C18H15F2N5OS/c1-9-4-11(18(3,19)20)5-10(2)14(9)25-6-12-15(24-25)22-16(23-17(12)26)13-7-27-8-21-13/h4-8H,1-3H3,(H,22,23,24,26). The summed E-state index contributed by atoms with van der Waals surface area (Å²) in [5.41, 5.74) is 4.01. The molecule has 0 radical (unpaired) electrons. The van der Waals surface area contributed by atoms with Gasteiger partial charge < -0.3 is 4.98 Å². The Hall–Kier alpha value is -2.94. The van der Waals surface area contributed by atoms with Crippen LogP contribution in [0.1, 0.15) is 23.6 Å². The number of benzene rings is 1. The average Bonchev–Trinajstić information content (AvgIpc) is 3.22. The lowest BCUT2D eigenvalue weighted by Crippen LogP contribution is -2.10. The van der Waals surface area contributed by atoms with Gasteiger partial charge in [0.1, 0.15) is 11.1 Å². The monoisotopic (exact) mass is 387 g/mol. The minimum Gasteiger partial charge on any atom is -0.304 e. The van der Waals surface area contributed by atoms with Gasteiger partial charge >= 0.3 is 0 Å². The highest BCUT2D eigenvalue weighted by Crippen LogP contribution is 2.31. The predicted molar refractivity (Wildman–Crippen MR) is 99.6 cm³/mol. The van der Waals surface area contributed by atoms with Crippen molar-refractivity contribution in [2.75, 3.05) is 0 Å². The van der Waals surface area contributed by atoms with Crippen molar-refractivity contribution in [3.8, 4) is 17.2 Å². The van der Waals surface area contributed by atoms with E-state index in [9.17, 15) is 13.6 Å². The van der Waals surface area contributed by atoms with E-state index in [0.29, 0.717) is 33.7 Å². The van der Waals surface area contributed by atoms with Crippen LogP contribution in [0.3, 0.4) is 0 Å². The molecule has 6 nitrogen and oxygen atoms in total. The Morgan fingerprint density at radius 3 is 2.52 bits per heavy atom. The second-order valence-corrected chi connectivity index (χ2v) is 7.16. The first-order valence-corrected chi connectivity index (χ1v) is 9.06. The molecular formula is C18H15F2N5OS. The van der Waals surface area contributed by atoms with Gasteiger partial charge in [-0.1, -0.05) is 0 Å². The van der Waals surface area contributed by atoms with E-state index in [4.69, 9.17) is 0 Å². The highest BCUT2D eigenvalue weighted by atomic mass is 32.1. The van der Waals surface area contributed by atoms with Crippen LogP contribution in [0.2, 0.25) is 0 Å². The van der Waals surface area contributed by atoms with E-state index >= 15 is 0 Å². The number of rotatable bonds is 3. The largest absolute Gasteiger partial charge is 0.304 e. The highest BCUT2D eigenvalue weighted by Gasteiger charge is 2.26. The fourth-order valence-electron chi connectivity index (χ4n) is 3.05. The quantitative estimate of drug-likeness (QED) is 0.577. The zero-order valence-electron chi connectivity index (χ0n) is 14.7. The van der Waals surface area contributed by atoms with E-state index in [1.165, 1.54) is 28.2 Å². The normalized spacial score (nSPS) is 12.0. The van der Waals surface area contributed by atoms with E-state index in [-0.39, 0.29) is 16.8 Å². The summed E-state index contributed by atoms with van der Waals surface area (Å²) >= 11 is 1.39. The molecule has 1 N–H and O–H groups in total. The molecule has 3 aromatic heterocycles. The maximum atomic E-state index is 13.7. The number of thiazole rings is 1. The van der Waals surface area contributed by atoms with Gasteiger partial charge in [-0.15, -0.1) is 16.4 Å². The maximum absolute atomic E-state index is 13.7. The molecule has 4 aromatic rings. The van der Waals surface area contributed by atoms with Crippen molar-refractivity contribution in [1.82, 2.24) is 24.7 Å². The Morgan fingerprint density at radius 2 is 1.93 bits per heavy atom. The van der Waals surface area contributed by atoms with Crippen LogP contribution in [0.5, 0.6) is 0 Å². The Bertz CT molecular complexity index is 1180. The number of hydrogen-bond acceptors (Lipinski definition) is 5. The first-order valence-electron chi connectivity index (χ1n) is 8.12. The van der Waals surface area contributed by atoms with Crippen LogP contribution in [0.15, 0.2) is 34.0 Å². The SMILES string of the molecule is Cc1cc(C(C)(F)F)cc(C)c1-n1cc2c(=O)[nH]c(-c3cscn3)nc2n1. The van der Waals surface area contributed by atoms with E-state index in [2.05, 4.69) is 20.1 Å². The van der Waals surface area contributed by atoms with Gasteiger partial charge in [-0.25, -0.2) is 23.4 Å². The second-order valence-electron chi connectivity index (χ2n) is 6.45. The number of fused-ring (bicyclic) bond motifs is 1. The second kappa shape index (κ2) is 6.05. The highest BCUT2D eigenvalue weighted by molar-refractivity contribution is 7.07. The summed E-state index contributed by atoms with van der Waals surface area (Å²) in [7, 11) is 0. The molecule has 0 saturated carbocycles. The minimum atomic E-state index is -2.93. The number of aromatic nitrogens is 5. The van der Waals surface area contributed by atoms with E-state index in [0.717, 1.165) is 6.92 Å². The van der Waals surface area contributed by atoms with Crippen LogP contribution in [0.25, 0.3) is 28.2 Å². The molecule has 9 heteroatoms. The van der Waals surface area contributed by atoms with E-state index in [1.54, 1.807) is 30.9 Å². The number of alkyl halides is 2. The lowest BCUT2D eigenvalue weighted by atomic mass is 10.0. The number of aromatic amines is 1. The third kappa shape index (κ3) is 3.03. The Labute approximate surface area is 156 Å². The third-order valence-electron chi connectivity index (χ3n) is 4.29. The van der Waals surface area contributed by atoms with Crippen molar-refractivity contribution in [1.29, 1.82) is 0 Å². The van der Waals surface area contributed by atoms with Gasteiger partial charge in [-0.3, -0.25) is 4.79 Å². The smallest absolute Gasteiger partial charge is 0.270 e. The number of halogens is 2. The van der Waals surface area contributed by atoms with Crippen LogP contribution in [0.4, 0.5) is 8.78 Å². The molecule has 0 bridgehead atoms. The molecule has 0 spiro atoms. The Kier molecular flexibility index (Phi) is 3.92. The Balaban J connectivity index is 1.88. The van der Waals surface area contributed by atoms with Crippen molar-refractivity contribution in [2.24, 2.45) is 0 Å². The molecule has 0 aliphatic carbocycles. The molecule has 27 heavy (non-hydrogen) atoms. The van der Waals surface area contributed by atoms with Gasteiger partial charge in [0.2, 0.25) is 0 Å². The summed E-state index contributed by atoms with van der Waals surface area (Å²) in [5.74, 6) is -2.59. The number of hydrogen-bond donors (Lipinski definition) is 1. The molecule has 0 atom stereocenters. The molecule has 0 amide bonds. The summed E-state index contributed by atoms with van der Waals surface area (Å²) in [4.78, 5) is 23.6. The first kappa shape index (κ1) is 17.5. The lowest BCUT2D eigenvalue weighted by Gasteiger charge is -2.16. The zero-order chi connectivity index (χ0) is 19.3. The Morgan fingerprint density at radius 1 is 1.22 bits per heavy atom. The molecule has 0 saturated heterocycles. The van der Waals surface area contributed by atoms with Crippen molar-refractivity contribution in [2.45, 2.75) is 26.7 Å². The summed E-state index contributed by atoms with van der Waals surface area (Å²) in [6, 6.07) is 2.88. The molecule has 4 rings (SSSR count). The third-order valence-corrected chi connectivity index (χ3v) is 4.88. The van der Waals surface area contributed by atoms with Crippen molar-refractivity contribution >= 4 is 22.4 Å². The summed E-state index contributed by atoms with van der Waals surface area (Å²) in [6.45, 7) is 4.34. The van der Waals surface area contributed by atoms with Gasteiger partial charge in [-0.2, -0.15) is 0 Å². The van der Waals surface area contributed by atoms with Crippen LogP contribution in [-0.4, -0.2) is 24.7 Å². The van der Waals surface area contributed by atoms with Gasteiger partial charge in [-0.05, 0) is 37.1 Å².